The molecule has 0 bridgehead atoms. The van der Waals surface area contributed by atoms with Crippen molar-refractivity contribution < 1.29 is 4.79 Å². The maximum atomic E-state index is 12.0. The highest BCUT2D eigenvalue weighted by Crippen LogP contribution is 2.18. The largest absolute Gasteiger partial charge is 0.357 e. The molecular formula is C20H39N5O. The van der Waals surface area contributed by atoms with Gasteiger partial charge in [-0.1, -0.05) is 13.8 Å². The number of piperidine rings is 1. The van der Waals surface area contributed by atoms with Crippen LogP contribution in [0.15, 0.2) is 4.99 Å². The predicted octanol–water partition coefficient (Wildman–Crippen LogP) is 2.21. The highest BCUT2D eigenvalue weighted by Gasteiger charge is 2.26. The van der Waals surface area contributed by atoms with Gasteiger partial charge in [0.2, 0.25) is 5.91 Å². The second kappa shape index (κ2) is 11.4. The Balaban J connectivity index is 1.79. The third kappa shape index (κ3) is 6.45. The fraction of sp³-hybridized carbons (Fsp3) is 0.900. The van der Waals surface area contributed by atoms with E-state index in [1.165, 1.54) is 38.9 Å². The first-order valence-corrected chi connectivity index (χ1v) is 10.7. The molecule has 2 aliphatic heterocycles. The lowest BCUT2D eigenvalue weighted by atomic mass is 10.1. The van der Waals surface area contributed by atoms with Crippen LogP contribution < -0.4 is 10.6 Å². The van der Waals surface area contributed by atoms with E-state index in [1.807, 2.05) is 0 Å². The maximum absolute atomic E-state index is 12.0. The van der Waals surface area contributed by atoms with Crippen molar-refractivity contribution in [1.82, 2.24) is 20.4 Å². The van der Waals surface area contributed by atoms with Crippen LogP contribution in [-0.4, -0.2) is 73.0 Å². The molecule has 6 heteroatoms. The first kappa shape index (κ1) is 21.0. The molecule has 2 N–H and O–H groups in total. The number of amides is 1. The molecular weight excluding hydrogens is 326 g/mol. The zero-order valence-corrected chi connectivity index (χ0v) is 17.1. The van der Waals surface area contributed by atoms with E-state index in [0.29, 0.717) is 18.0 Å². The Morgan fingerprint density at radius 3 is 2.58 bits per heavy atom. The van der Waals surface area contributed by atoms with Gasteiger partial charge in [0.25, 0.3) is 0 Å². The lowest BCUT2D eigenvalue weighted by Crippen LogP contribution is -2.48. The van der Waals surface area contributed by atoms with Crippen LogP contribution in [0.3, 0.4) is 0 Å². The molecule has 0 aromatic rings. The van der Waals surface area contributed by atoms with Gasteiger partial charge in [-0.05, 0) is 52.0 Å². The fourth-order valence-electron chi connectivity index (χ4n) is 4.09. The minimum absolute atomic E-state index is 0.324. The molecule has 2 fully saturated rings. The molecule has 2 rings (SSSR count). The van der Waals surface area contributed by atoms with E-state index in [2.05, 4.69) is 41.2 Å². The molecule has 26 heavy (non-hydrogen) atoms. The molecule has 0 aromatic heterocycles. The van der Waals surface area contributed by atoms with E-state index in [9.17, 15) is 4.79 Å². The van der Waals surface area contributed by atoms with E-state index >= 15 is 0 Å². The monoisotopic (exact) mass is 365 g/mol. The van der Waals surface area contributed by atoms with Crippen LogP contribution >= 0.6 is 0 Å². The van der Waals surface area contributed by atoms with E-state index in [-0.39, 0.29) is 0 Å². The molecule has 1 atom stereocenters. The number of hydrogen-bond acceptors (Lipinski definition) is 3. The summed E-state index contributed by atoms with van der Waals surface area (Å²) in [6.07, 6.45) is 7.31. The quantitative estimate of drug-likeness (QED) is 0.486. The van der Waals surface area contributed by atoms with E-state index < -0.39 is 0 Å². The summed E-state index contributed by atoms with van der Waals surface area (Å²) in [6, 6.07) is 0.858. The summed E-state index contributed by atoms with van der Waals surface area (Å²) in [5.74, 6) is 1.26. The summed E-state index contributed by atoms with van der Waals surface area (Å²) >= 11 is 0. The van der Waals surface area contributed by atoms with Crippen LogP contribution in [0.5, 0.6) is 0 Å². The summed E-state index contributed by atoms with van der Waals surface area (Å²) in [5.41, 5.74) is 0. The van der Waals surface area contributed by atoms with E-state index in [1.54, 1.807) is 0 Å². The summed E-state index contributed by atoms with van der Waals surface area (Å²) in [5, 5.41) is 7.00. The maximum Gasteiger partial charge on any atom is 0.222 e. The molecule has 0 aliphatic carbocycles. The fourth-order valence-corrected chi connectivity index (χ4v) is 4.09. The SMILES string of the molecule is CCCN1CCC(NC(=NCCC(CC)N2CCCC2=O)NCC)CC1. The van der Waals surface area contributed by atoms with Crippen LogP contribution in [-0.2, 0) is 4.79 Å². The zero-order chi connectivity index (χ0) is 18.8. The standard InChI is InChI=1S/C20H39N5O/c1-4-13-24-15-10-17(11-16-24)23-20(21-6-3)22-12-9-18(5-2)25-14-7-8-19(25)26/h17-18H,4-16H2,1-3H3,(H2,21,22,23). The molecule has 150 valence electrons. The molecule has 2 heterocycles. The normalized spacial score (nSPS) is 21.3. The van der Waals surface area contributed by atoms with Crippen LogP contribution in [0.25, 0.3) is 0 Å². The number of hydrogen-bond donors (Lipinski definition) is 2. The van der Waals surface area contributed by atoms with Crippen molar-refractivity contribution in [2.45, 2.75) is 77.8 Å². The molecule has 1 unspecified atom stereocenters. The average molecular weight is 366 g/mol. The topological polar surface area (TPSA) is 60.0 Å². The average Bonchev–Trinajstić information content (AvgIpc) is 3.06. The second-order valence-electron chi connectivity index (χ2n) is 7.56. The molecule has 0 saturated carbocycles. The molecule has 1 amide bonds. The minimum atomic E-state index is 0.324. The van der Waals surface area contributed by atoms with Gasteiger partial charge in [0.05, 0.1) is 0 Å². The highest BCUT2D eigenvalue weighted by molar-refractivity contribution is 5.80. The number of nitrogens with zero attached hydrogens (tertiary/aromatic N) is 3. The Labute approximate surface area is 159 Å². The van der Waals surface area contributed by atoms with Crippen molar-refractivity contribution >= 4 is 11.9 Å². The number of aliphatic imine (C=N–C) groups is 1. The van der Waals surface area contributed by atoms with Gasteiger partial charge in [-0.3, -0.25) is 9.79 Å². The van der Waals surface area contributed by atoms with Gasteiger partial charge in [0.1, 0.15) is 0 Å². The Hall–Kier alpha value is -1.30. The second-order valence-corrected chi connectivity index (χ2v) is 7.56. The van der Waals surface area contributed by atoms with Crippen molar-refractivity contribution in [3.05, 3.63) is 0 Å². The first-order chi connectivity index (χ1) is 12.7. The summed E-state index contributed by atoms with van der Waals surface area (Å²) in [6.45, 7) is 12.7. The number of carbonyl (C=O) groups is 1. The van der Waals surface area contributed by atoms with Crippen LogP contribution in [0.1, 0.15) is 65.7 Å². The number of likely N-dealkylation sites (tertiary alicyclic amines) is 2. The highest BCUT2D eigenvalue weighted by atomic mass is 16.2. The molecule has 2 aliphatic rings. The third-order valence-electron chi connectivity index (χ3n) is 5.57. The lowest BCUT2D eigenvalue weighted by Gasteiger charge is -2.33. The Morgan fingerprint density at radius 2 is 2.00 bits per heavy atom. The Bertz CT molecular complexity index is 445. The van der Waals surface area contributed by atoms with Gasteiger partial charge in [-0.2, -0.15) is 0 Å². The van der Waals surface area contributed by atoms with Crippen molar-refractivity contribution in [3.8, 4) is 0 Å². The Morgan fingerprint density at radius 1 is 1.23 bits per heavy atom. The van der Waals surface area contributed by atoms with Gasteiger partial charge >= 0.3 is 0 Å². The van der Waals surface area contributed by atoms with Crippen LogP contribution in [0.4, 0.5) is 0 Å². The van der Waals surface area contributed by atoms with Gasteiger partial charge in [0.15, 0.2) is 5.96 Å². The summed E-state index contributed by atoms with van der Waals surface area (Å²) in [7, 11) is 0. The van der Waals surface area contributed by atoms with Crippen LogP contribution in [0.2, 0.25) is 0 Å². The van der Waals surface area contributed by atoms with Gasteiger partial charge < -0.3 is 20.4 Å². The number of guanidine groups is 1. The van der Waals surface area contributed by atoms with Gasteiger partial charge in [-0.25, -0.2) is 0 Å². The molecule has 0 radical (unpaired) electrons. The number of rotatable bonds is 9. The van der Waals surface area contributed by atoms with Crippen molar-refractivity contribution in [2.75, 3.05) is 39.3 Å². The summed E-state index contributed by atoms with van der Waals surface area (Å²) in [4.78, 5) is 21.4. The zero-order valence-electron chi connectivity index (χ0n) is 17.1. The van der Waals surface area contributed by atoms with Crippen molar-refractivity contribution in [2.24, 2.45) is 4.99 Å². The number of nitrogens with one attached hydrogen (secondary N) is 2. The van der Waals surface area contributed by atoms with E-state index in [4.69, 9.17) is 4.99 Å². The number of carbonyl (C=O) groups excluding carboxylic acids is 1. The third-order valence-corrected chi connectivity index (χ3v) is 5.57. The first-order valence-electron chi connectivity index (χ1n) is 10.7. The predicted molar refractivity (Wildman–Crippen MR) is 109 cm³/mol. The van der Waals surface area contributed by atoms with E-state index in [0.717, 1.165) is 51.3 Å². The smallest absolute Gasteiger partial charge is 0.222 e. The Kier molecular flexibility index (Phi) is 9.23. The van der Waals surface area contributed by atoms with Crippen molar-refractivity contribution in [3.63, 3.8) is 0 Å². The summed E-state index contributed by atoms with van der Waals surface area (Å²) < 4.78 is 0. The molecule has 0 aromatic carbocycles. The lowest BCUT2D eigenvalue weighted by molar-refractivity contribution is -0.129. The van der Waals surface area contributed by atoms with Crippen molar-refractivity contribution in [1.29, 1.82) is 0 Å². The molecule has 0 spiro atoms. The molecule has 6 nitrogen and oxygen atoms in total. The van der Waals surface area contributed by atoms with Crippen LogP contribution in [0, 0.1) is 0 Å². The van der Waals surface area contributed by atoms with Gasteiger partial charge in [0, 0.05) is 51.2 Å². The van der Waals surface area contributed by atoms with Gasteiger partial charge in [-0.15, -0.1) is 0 Å². The molecule has 2 saturated heterocycles. The minimum Gasteiger partial charge on any atom is -0.357 e.